The van der Waals surface area contributed by atoms with Crippen LogP contribution in [0.5, 0.6) is 0 Å². The Morgan fingerprint density at radius 2 is 2.12 bits per heavy atom. The molecule has 1 rings (SSSR count). The highest BCUT2D eigenvalue weighted by Crippen LogP contribution is 2.03. The number of halogens is 1. The fraction of sp³-hybridized carbons (Fsp3) is 0.722. The van der Waals surface area contributed by atoms with E-state index >= 15 is 0 Å². The Kier molecular flexibility index (Phi) is 13.5. The molecule has 0 fully saturated rings. The van der Waals surface area contributed by atoms with Gasteiger partial charge in [-0.25, -0.2) is 4.99 Å². The zero-order valence-electron chi connectivity index (χ0n) is 16.2. The van der Waals surface area contributed by atoms with Crippen molar-refractivity contribution >= 4 is 29.9 Å². The first-order valence-corrected chi connectivity index (χ1v) is 9.12. The second kappa shape index (κ2) is 14.1. The summed E-state index contributed by atoms with van der Waals surface area (Å²) in [5.41, 5.74) is 1.06. The Morgan fingerprint density at radius 1 is 1.36 bits per heavy atom. The summed E-state index contributed by atoms with van der Waals surface area (Å²) in [5, 5.41) is 15.0. The highest BCUT2D eigenvalue weighted by Gasteiger charge is 2.06. The largest absolute Gasteiger partial charge is 0.355 e. The van der Waals surface area contributed by atoms with Crippen molar-refractivity contribution in [2.75, 3.05) is 13.1 Å². The minimum absolute atomic E-state index is 0. The molecule has 0 saturated carbocycles. The van der Waals surface area contributed by atoms with Gasteiger partial charge in [-0.15, -0.1) is 34.2 Å². The monoisotopic (exact) mass is 462 g/mol. The Hall–Kier alpha value is -1.12. The molecule has 0 aromatic carbocycles. The summed E-state index contributed by atoms with van der Waals surface area (Å²) in [6.45, 7) is 14.7. The van der Waals surface area contributed by atoms with Crippen LogP contribution < -0.4 is 10.6 Å². The highest BCUT2D eigenvalue weighted by molar-refractivity contribution is 14.0. The van der Waals surface area contributed by atoms with E-state index in [2.05, 4.69) is 57.7 Å². The lowest BCUT2D eigenvalue weighted by Gasteiger charge is -2.18. The van der Waals surface area contributed by atoms with Gasteiger partial charge in [-0.3, -0.25) is 0 Å². The van der Waals surface area contributed by atoms with Gasteiger partial charge in [0.05, 0.1) is 6.54 Å². The van der Waals surface area contributed by atoms with Gasteiger partial charge in [-0.2, -0.15) is 0 Å². The molecule has 0 radical (unpaired) electrons. The molecular formula is C18H35IN6. The van der Waals surface area contributed by atoms with Crippen LogP contribution in [0.2, 0.25) is 0 Å². The van der Waals surface area contributed by atoms with Gasteiger partial charge in [-0.05, 0) is 20.3 Å². The molecule has 0 amide bonds. The van der Waals surface area contributed by atoms with E-state index < -0.39 is 0 Å². The molecule has 6 nitrogen and oxygen atoms in total. The maximum absolute atomic E-state index is 4.61. The first-order chi connectivity index (χ1) is 11.6. The Bertz CT molecular complexity index is 511. The Balaban J connectivity index is 0.00000576. The molecule has 144 valence electrons. The lowest BCUT2D eigenvalue weighted by molar-refractivity contribution is 0.542. The third-order valence-electron chi connectivity index (χ3n) is 3.79. The number of guanidine groups is 1. The molecule has 0 aliphatic heterocycles. The summed E-state index contributed by atoms with van der Waals surface area (Å²) in [5.74, 6) is 1.87. The van der Waals surface area contributed by atoms with Crippen molar-refractivity contribution in [2.45, 2.75) is 72.4 Å². The van der Waals surface area contributed by atoms with Gasteiger partial charge in [0.25, 0.3) is 0 Å². The van der Waals surface area contributed by atoms with Crippen LogP contribution in [0.1, 0.15) is 59.2 Å². The number of aryl methyl sites for hydroxylation is 1. The van der Waals surface area contributed by atoms with Crippen molar-refractivity contribution in [1.29, 1.82) is 0 Å². The molecule has 1 heterocycles. The van der Waals surface area contributed by atoms with Crippen molar-refractivity contribution in [3.05, 3.63) is 24.3 Å². The second-order valence-electron chi connectivity index (χ2n) is 6.38. The maximum Gasteiger partial charge on any atom is 0.191 e. The van der Waals surface area contributed by atoms with E-state index in [0.717, 1.165) is 43.3 Å². The van der Waals surface area contributed by atoms with E-state index in [1.165, 1.54) is 19.3 Å². The van der Waals surface area contributed by atoms with E-state index in [1.54, 1.807) is 6.33 Å². The topological polar surface area (TPSA) is 67.1 Å². The molecule has 0 spiro atoms. The van der Waals surface area contributed by atoms with Crippen molar-refractivity contribution in [3.63, 3.8) is 0 Å². The average Bonchev–Trinajstić information content (AvgIpc) is 3.00. The summed E-state index contributed by atoms with van der Waals surface area (Å²) in [4.78, 5) is 4.61. The zero-order valence-corrected chi connectivity index (χ0v) is 18.5. The standard InChI is InChI=1S/C18H34N6.HI/c1-6-8-9-10-16(5)22-18(20-13-15(3)4)19-11-12-24-14-21-23-17(24)7-2;/h14,16H,3,6-13H2,1-2,4-5H3,(H2,19,20,22);1H. The quantitative estimate of drug-likeness (QED) is 0.174. The van der Waals surface area contributed by atoms with Gasteiger partial charge < -0.3 is 15.2 Å². The number of aromatic nitrogens is 3. The van der Waals surface area contributed by atoms with Crippen molar-refractivity contribution in [1.82, 2.24) is 25.4 Å². The summed E-state index contributed by atoms with van der Waals surface area (Å²) in [6.07, 6.45) is 7.62. The SMILES string of the molecule is C=C(C)CN=C(NCCn1cnnc1CC)NC(C)CCCCC.I. The van der Waals surface area contributed by atoms with Crippen LogP contribution in [0.25, 0.3) is 0 Å². The number of nitrogens with one attached hydrogen (secondary N) is 2. The van der Waals surface area contributed by atoms with Crippen LogP contribution in [-0.4, -0.2) is 39.9 Å². The van der Waals surface area contributed by atoms with Crippen molar-refractivity contribution in [3.8, 4) is 0 Å². The number of aliphatic imine (C=N–C) groups is 1. The fourth-order valence-corrected chi connectivity index (χ4v) is 2.41. The number of rotatable bonds is 11. The third-order valence-corrected chi connectivity index (χ3v) is 3.79. The van der Waals surface area contributed by atoms with Gasteiger partial charge in [-0.1, -0.05) is 45.3 Å². The van der Waals surface area contributed by atoms with Gasteiger partial charge in [0.15, 0.2) is 5.96 Å². The molecule has 0 aliphatic rings. The van der Waals surface area contributed by atoms with Crippen LogP contribution in [0.3, 0.4) is 0 Å². The molecule has 1 aromatic rings. The minimum Gasteiger partial charge on any atom is -0.355 e. The summed E-state index contributed by atoms with van der Waals surface area (Å²) < 4.78 is 2.08. The lowest BCUT2D eigenvalue weighted by Crippen LogP contribution is -2.43. The normalized spacial score (nSPS) is 12.4. The number of unbranched alkanes of at least 4 members (excludes halogenated alkanes) is 2. The molecule has 0 saturated heterocycles. The van der Waals surface area contributed by atoms with Crippen LogP contribution >= 0.6 is 24.0 Å². The van der Waals surface area contributed by atoms with Crippen LogP contribution in [0, 0.1) is 0 Å². The van der Waals surface area contributed by atoms with E-state index in [0.29, 0.717) is 12.6 Å². The van der Waals surface area contributed by atoms with Crippen molar-refractivity contribution in [2.24, 2.45) is 4.99 Å². The fourth-order valence-electron chi connectivity index (χ4n) is 2.41. The molecule has 2 N–H and O–H groups in total. The van der Waals surface area contributed by atoms with E-state index in [-0.39, 0.29) is 24.0 Å². The molecule has 0 bridgehead atoms. The van der Waals surface area contributed by atoms with Gasteiger partial charge >= 0.3 is 0 Å². The molecule has 1 atom stereocenters. The van der Waals surface area contributed by atoms with Gasteiger partial charge in [0, 0.05) is 25.6 Å². The molecule has 1 unspecified atom stereocenters. The van der Waals surface area contributed by atoms with E-state index in [9.17, 15) is 0 Å². The molecular weight excluding hydrogens is 427 g/mol. The first-order valence-electron chi connectivity index (χ1n) is 9.12. The number of nitrogens with zero attached hydrogens (tertiary/aromatic N) is 4. The highest BCUT2D eigenvalue weighted by atomic mass is 127. The zero-order chi connectivity index (χ0) is 17.8. The summed E-state index contributed by atoms with van der Waals surface area (Å²) >= 11 is 0. The maximum atomic E-state index is 4.61. The van der Waals surface area contributed by atoms with Crippen molar-refractivity contribution < 1.29 is 0 Å². The van der Waals surface area contributed by atoms with Crippen LogP contribution in [0.4, 0.5) is 0 Å². The lowest BCUT2D eigenvalue weighted by atomic mass is 10.1. The number of hydrogen-bond donors (Lipinski definition) is 2. The van der Waals surface area contributed by atoms with E-state index in [1.807, 2.05) is 6.92 Å². The summed E-state index contributed by atoms with van der Waals surface area (Å²) in [6, 6.07) is 0.411. The molecule has 1 aromatic heterocycles. The smallest absolute Gasteiger partial charge is 0.191 e. The van der Waals surface area contributed by atoms with Gasteiger partial charge in [0.1, 0.15) is 12.2 Å². The predicted molar refractivity (Wildman–Crippen MR) is 117 cm³/mol. The number of hydrogen-bond acceptors (Lipinski definition) is 3. The van der Waals surface area contributed by atoms with Crippen LogP contribution in [0.15, 0.2) is 23.5 Å². The third kappa shape index (κ3) is 10.5. The molecule has 7 heteroatoms. The molecule has 25 heavy (non-hydrogen) atoms. The Labute approximate surface area is 170 Å². The van der Waals surface area contributed by atoms with Crippen LogP contribution in [-0.2, 0) is 13.0 Å². The Morgan fingerprint density at radius 3 is 2.76 bits per heavy atom. The summed E-state index contributed by atoms with van der Waals surface area (Å²) in [7, 11) is 0. The predicted octanol–water partition coefficient (Wildman–Crippen LogP) is 3.54. The average molecular weight is 462 g/mol. The second-order valence-corrected chi connectivity index (χ2v) is 6.38. The molecule has 0 aliphatic carbocycles. The van der Waals surface area contributed by atoms with E-state index in [4.69, 9.17) is 0 Å². The minimum atomic E-state index is 0. The first kappa shape index (κ1) is 23.9. The van der Waals surface area contributed by atoms with Gasteiger partial charge in [0.2, 0.25) is 0 Å².